The highest BCUT2D eigenvalue weighted by Gasteiger charge is 2.03. The lowest BCUT2D eigenvalue weighted by molar-refractivity contribution is 0.108. The highest BCUT2D eigenvalue weighted by molar-refractivity contribution is 6.67. The number of carbonyl (C=O) groups excluding carboxylic acids is 1. The SMILES string of the molecule is CC.O=C(Cl)c1cccc(OCc2ccccc2)c1. The van der Waals surface area contributed by atoms with Crippen molar-refractivity contribution in [2.75, 3.05) is 0 Å². The molecule has 0 saturated carbocycles. The quantitative estimate of drug-likeness (QED) is 0.759. The van der Waals surface area contributed by atoms with Gasteiger partial charge in [-0.2, -0.15) is 0 Å². The Kier molecular flexibility index (Phi) is 6.69. The van der Waals surface area contributed by atoms with E-state index in [1.165, 1.54) is 0 Å². The minimum atomic E-state index is -0.477. The minimum Gasteiger partial charge on any atom is -0.489 e. The standard InChI is InChI=1S/C14H11ClO2.C2H6/c15-14(16)12-7-4-8-13(9-12)17-10-11-5-2-1-3-6-11;1-2/h1-9H,10H2;1-2H3. The summed E-state index contributed by atoms with van der Waals surface area (Å²) in [7, 11) is 0. The molecule has 2 rings (SSSR count). The van der Waals surface area contributed by atoms with Gasteiger partial charge in [0.05, 0.1) is 0 Å². The van der Waals surface area contributed by atoms with Gasteiger partial charge in [0.2, 0.25) is 0 Å². The van der Waals surface area contributed by atoms with E-state index in [4.69, 9.17) is 16.3 Å². The van der Waals surface area contributed by atoms with Crippen molar-refractivity contribution in [2.24, 2.45) is 0 Å². The topological polar surface area (TPSA) is 26.3 Å². The summed E-state index contributed by atoms with van der Waals surface area (Å²) in [5.41, 5.74) is 1.52. The van der Waals surface area contributed by atoms with Crippen LogP contribution in [-0.2, 0) is 6.61 Å². The molecule has 2 aromatic carbocycles. The second kappa shape index (κ2) is 8.33. The molecule has 2 nitrogen and oxygen atoms in total. The van der Waals surface area contributed by atoms with E-state index in [-0.39, 0.29) is 0 Å². The van der Waals surface area contributed by atoms with E-state index in [1.54, 1.807) is 24.3 Å². The van der Waals surface area contributed by atoms with E-state index in [0.717, 1.165) is 5.56 Å². The van der Waals surface area contributed by atoms with Gasteiger partial charge >= 0.3 is 0 Å². The maximum absolute atomic E-state index is 11.0. The zero-order valence-corrected chi connectivity index (χ0v) is 11.9. The van der Waals surface area contributed by atoms with Crippen LogP contribution in [-0.4, -0.2) is 5.24 Å². The fraction of sp³-hybridized carbons (Fsp3) is 0.188. The van der Waals surface area contributed by atoms with Gasteiger partial charge in [-0.05, 0) is 35.4 Å². The first-order valence-corrected chi connectivity index (χ1v) is 6.60. The molecule has 0 fully saturated rings. The molecule has 0 aliphatic rings. The normalized spacial score (nSPS) is 9.21. The first kappa shape index (κ1) is 15.3. The molecule has 0 amide bonds. The molecule has 0 aliphatic carbocycles. The fourth-order valence-electron chi connectivity index (χ4n) is 1.45. The van der Waals surface area contributed by atoms with Crippen molar-refractivity contribution in [3.63, 3.8) is 0 Å². The average molecular weight is 277 g/mol. The Bertz CT molecular complexity index is 509. The molecule has 100 valence electrons. The van der Waals surface area contributed by atoms with Gasteiger partial charge in [0.1, 0.15) is 12.4 Å². The monoisotopic (exact) mass is 276 g/mol. The lowest BCUT2D eigenvalue weighted by Gasteiger charge is -2.06. The Balaban J connectivity index is 0.000000861. The molecule has 0 aromatic heterocycles. The number of ether oxygens (including phenoxy) is 1. The van der Waals surface area contributed by atoms with E-state index < -0.39 is 5.24 Å². The largest absolute Gasteiger partial charge is 0.489 e. The lowest BCUT2D eigenvalue weighted by Crippen LogP contribution is -1.96. The molecule has 0 bridgehead atoms. The molecule has 0 heterocycles. The summed E-state index contributed by atoms with van der Waals surface area (Å²) < 4.78 is 5.57. The van der Waals surface area contributed by atoms with E-state index in [2.05, 4.69) is 0 Å². The second-order valence-electron chi connectivity index (χ2n) is 3.58. The first-order valence-electron chi connectivity index (χ1n) is 6.22. The lowest BCUT2D eigenvalue weighted by atomic mass is 10.2. The maximum Gasteiger partial charge on any atom is 0.252 e. The van der Waals surface area contributed by atoms with Gasteiger partial charge in [0.15, 0.2) is 0 Å². The molecule has 0 aliphatic heterocycles. The van der Waals surface area contributed by atoms with Gasteiger partial charge in [-0.3, -0.25) is 4.79 Å². The third-order valence-corrected chi connectivity index (χ3v) is 2.53. The van der Waals surface area contributed by atoms with Gasteiger partial charge in [0, 0.05) is 5.56 Å². The molecule has 0 unspecified atom stereocenters. The van der Waals surface area contributed by atoms with Crippen molar-refractivity contribution in [1.82, 2.24) is 0 Å². The number of rotatable bonds is 4. The summed E-state index contributed by atoms with van der Waals surface area (Å²) >= 11 is 5.40. The second-order valence-corrected chi connectivity index (χ2v) is 3.92. The van der Waals surface area contributed by atoms with Crippen LogP contribution in [0.2, 0.25) is 0 Å². The van der Waals surface area contributed by atoms with Crippen LogP contribution in [0.25, 0.3) is 0 Å². The number of halogens is 1. The van der Waals surface area contributed by atoms with Crippen molar-refractivity contribution in [3.05, 3.63) is 65.7 Å². The number of carbonyl (C=O) groups is 1. The van der Waals surface area contributed by atoms with Crippen molar-refractivity contribution in [2.45, 2.75) is 20.5 Å². The number of hydrogen-bond donors (Lipinski definition) is 0. The molecule has 0 atom stereocenters. The molecule has 19 heavy (non-hydrogen) atoms. The first-order chi connectivity index (χ1) is 9.25. The van der Waals surface area contributed by atoms with Crippen LogP contribution in [0, 0.1) is 0 Å². The van der Waals surface area contributed by atoms with Crippen molar-refractivity contribution < 1.29 is 9.53 Å². The predicted molar refractivity (Wildman–Crippen MR) is 78.7 cm³/mol. The average Bonchev–Trinajstić information content (AvgIpc) is 2.48. The Morgan fingerprint density at radius 1 is 1.05 bits per heavy atom. The van der Waals surface area contributed by atoms with E-state index in [0.29, 0.717) is 17.9 Å². The summed E-state index contributed by atoms with van der Waals surface area (Å²) in [5.74, 6) is 0.639. The minimum absolute atomic E-state index is 0.442. The fourth-order valence-corrected chi connectivity index (χ4v) is 1.57. The molecule has 2 aromatic rings. The number of hydrogen-bond acceptors (Lipinski definition) is 2. The van der Waals surface area contributed by atoms with Crippen LogP contribution < -0.4 is 4.74 Å². The van der Waals surface area contributed by atoms with Gasteiger partial charge < -0.3 is 4.74 Å². The predicted octanol–water partition coefficient (Wildman–Crippen LogP) is 4.67. The van der Waals surface area contributed by atoms with E-state index in [9.17, 15) is 4.79 Å². The van der Waals surface area contributed by atoms with Crippen LogP contribution in [0.5, 0.6) is 5.75 Å². The molecule has 0 radical (unpaired) electrons. The summed E-state index contributed by atoms with van der Waals surface area (Å²) in [5, 5.41) is -0.477. The maximum atomic E-state index is 11.0. The zero-order valence-electron chi connectivity index (χ0n) is 11.1. The van der Waals surface area contributed by atoms with Crippen LogP contribution in [0.1, 0.15) is 29.8 Å². The van der Waals surface area contributed by atoms with Crippen LogP contribution >= 0.6 is 11.6 Å². The van der Waals surface area contributed by atoms with Crippen molar-refractivity contribution in [3.8, 4) is 5.75 Å². The van der Waals surface area contributed by atoms with Gasteiger partial charge in [0.25, 0.3) is 5.24 Å². The van der Waals surface area contributed by atoms with Crippen molar-refractivity contribution in [1.29, 1.82) is 0 Å². The third-order valence-electron chi connectivity index (χ3n) is 2.31. The zero-order chi connectivity index (χ0) is 14.1. The van der Waals surface area contributed by atoms with E-state index >= 15 is 0 Å². The highest BCUT2D eigenvalue weighted by Crippen LogP contribution is 2.16. The van der Waals surface area contributed by atoms with Gasteiger partial charge in [-0.25, -0.2) is 0 Å². The Morgan fingerprint density at radius 3 is 2.37 bits per heavy atom. The number of benzene rings is 2. The molecule has 0 spiro atoms. The Hall–Kier alpha value is -1.80. The van der Waals surface area contributed by atoms with Crippen LogP contribution in [0.15, 0.2) is 54.6 Å². The Morgan fingerprint density at radius 2 is 1.74 bits per heavy atom. The molecular formula is C16H17ClO2. The van der Waals surface area contributed by atoms with Gasteiger partial charge in [-0.15, -0.1) is 0 Å². The summed E-state index contributed by atoms with van der Waals surface area (Å²) in [4.78, 5) is 11.0. The van der Waals surface area contributed by atoms with Crippen LogP contribution in [0.3, 0.4) is 0 Å². The Labute approximate surface area is 119 Å². The molecular weight excluding hydrogens is 260 g/mol. The molecule has 3 heteroatoms. The van der Waals surface area contributed by atoms with E-state index in [1.807, 2.05) is 44.2 Å². The summed E-state index contributed by atoms with van der Waals surface area (Å²) in [6, 6.07) is 16.7. The smallest absolute Gasteiger partial charge is 0.252 e. The summed E-state index contributed by atoms with van der Waals surface area (Å²) in [6.07, 6.45) is 0. The molecule has 0 N–H and O–H groups in total. The highest BCUT2D eigenvalue weighted by atomic mass is 35.5. The molecule has 0 saturated heterocycles. The van der Waals surface area contributed by atoms with Gasteiger partial charge in [-0.1, -0.05) is 50.2 Å². The van der Waals surface area contributed by atoms with Crippen molar-refractivity contribution >= 4 is 16.8 Å². The van der Waals surface area contributed by atoms with Crippen LogP contribution in [0.4, 0.5) is 0 Å². The summed E-state index contributed by atoms with van der Waals surface area (Å²) in [6.45, 7) is 4.47. The third kappa shape index (κ3) is 5.14.